The third-order valence-electron chi connectivity index (χ3n) is 5.84. The second kappa shape index (κ2) is 8.67. The van der Waals surface area contributed by atoms with Gasteiger partial charge >= 0.3 is 0 Å². The first kappa shape index (κ1) is 21.5. The van der Waals surface area contributed by atoms with Crippen LogP contribution < -0.4 is 5.32 Å². The van der Waals surface area contributed by atoms with E-state index in [4.69, 9.17) is 0 Å². The topological polar surface area (TPSA) is 66.5 Å². The van der Waals surface area contributed by atoms with Crippen LogP contribution in [0.15, 0.2) is 47.4 Å². The van der Waals surface area contributed by atoms with Crippen molar-refractivity contribution in [2.75, 3.05) is 13.1 Å². The van der Waals surface area contributed by atoms with E-state index in [0.717, 1.165) is 11.1 Å². The highest BCUT2D eigenvalue weighted by Crippen LogP contribution is 2.26. The molecule has 0 aromatic heterocycles. The molecule has 6 heteroatoms. The molecule has 1 fully saturated rings. The molecule has 1 amide bonds. The highest BCUT2D eigenvalue weighted by atomic mass is 32.2. The fourth-order valence-corrected chi connectivity index (χ4v) is 5.52. The van der Waals surface area contributed by atoms with Gasteiger partial charge in [-0.05, 0) is 74.9 Å². The number of amides is 1. The van der Waals surface area contributed by atoms with Gasteiger partial charge in [-0.1, -0.05) is 30.3 Å². The SMILES string of the molecule is Cc1cc(C)c(C(C)NC(=O)C2CCCN(S(=O)(=O)c3ccccc3)C2)cc1C. The molecule has 0 bridgehead atoms. The lowest BCUT2D eigenvalue weighted by Gasteiger charge is -2.32. The number of carbonyl (C=O) groups is 1. The summed E-state index contributed by atoms with van der Waals surface area (Å²) in [4.78, 5) is 13.2. The van der Waals surface area contributed by atoms with E-state index < -0.39 is 10.0 Å². The molecule has 1 saturated heterocycles. The van der Waals surface area contributed by atoms with Crippen LogP contribution in [0.1, 0.15) is 48.1 Å². The molecule has 3 rings (SSSR count). The fourth-order valence-electron chi connectivity index (χ4n) is 3.97. The Balaban J connectivity index is 1.71. The largest absolute Gasteiger partial charge is 0.349 e. The molecule has 1 heterocycles. The summed E-state index contributed by atoms with van der Waals surface area (Å²) >= 11 is 0. The number of aryl methyl sites for hydroxylation is 3. The Morgan fingerprint density at radius 1 is 1.07 bits per heavy atom. The standard InChI is InChI=1S/C23H30N2O3S/c1-16-13-18(3)22(14-17(16)2)19(4)24-23(26)20-9-8-12-25(15-20)29(27,28)21-10-6-5-7-11-21/h5-7,10-11,13-14,19-20H,8-9,12,15H2,1-4H3,(H,24,26). The molecule has 0 spiro atoms. The summed E-state index contributed by atoms with van der Waals surface area (Å²) in [7, 11) is -3.57. The zero-order valence-electron chi connectivity index (χ0n) is 17.6. The van der Waals surface area contributed by atoms with Gasteiger partial charge in [0, 0.05) is 13.1 Å². The second-order valence-corrected chi connectivity index (χ2v) is 9.98. The van der Waals surface area contributed by atoms with Crippen molar-refractivity contribution in [1.29, 1.82) is 0 Å². The highest BCUT2D eigenvalue weighted by Gasteiger charge is 2.33. The fraction of sp³-hybridized carbons (Fsp3) is 0.435. The lowest BCUT2D eigenvalue weighted by Crippen LogP contribution is -2.45. The smallest absolute Gasteiger partial charge is 0.243 e. The Bertz CT molecular complexity index is 987. The molecule has 29 heavy (non-hydrogen) atoms. The van der Waals surface area contributed by atoms with Gasteiger partial charge in [0.1, 0.15) is 0 Å². The first-order chi connectivity index (χ1) is 13.7. The van der Waals surface area contributed by atoms with Crippen molar-refractivity contribution in [2.24, 2.45) is 5.92 Å². The Labute approximate surface area is 174 Å². The molecule has 2 unspecified atom stereocenters. The number of hydrogen-bond donors (Lipinski definition) is 1. The number of nitrogens with zero attached hydrogens (tertiary/aromatic N) is 1. The maximum atomic E-state index is 12.9. The monoisotopic (exact) mass is 414 g/mol. The van der Waals surface area contributed by atoms with Gasteiger partial charge in [0.2, 0.25) is 15.9 Å². The van der Waals surface area contributed by atoms with Gasteiger partial charge in [0.15, 0.2) is 0 Å². The molecule has 0 aliphatic carbocycles. The number of rotatable bonds is 5. The Kier molecular flexibility index (Phi) is 6.44. The molecule has 1 aliphatic rings. The minimum absolute atomic E-state index is 0.0805. The Morgan fingerprint density at radius 2 is 1.72 bits per heavy atom. The molecule has 2 atom stereocenters. The van der Waals surface area contributed by atoms with Gasteiger partial charge in [0.05, 0.1) is 16.9 Å². The van der Waals surface area contributed by atoms with Crippen LogP contribution in [0.5, 0.6) is 0 Å². The maximum absolute atomic E-state index is 12.9. The Morgan fingerprint density at radius 3 is 2.41 bits per heavy atom. The van der Waals surface area contributed by atoms with Gasteiger partial charge in [0.25, 0.3) is 0 Å². The van der Waals surface area contributed by atoms with E-state index in [-0.39, 0.29) is 29.3 Å². The first-order valence-corrected chi connectivity index (χ1v) is 11.6. The summed E-state index contributed by atoms with van der Waals surface area (Å²) in [6.07, 6.45) is 1.38. The van der Waals surface area contributed by atoms with Crippen LogP contribution >= 0.6 is 0 Å². The van der Waals surface area contributed by atoms with Crippen molar-refractivity contribution in [2.45, 2.75) is 51.5 Å². The lowest BCUT2D eigenvalue weighted by molar-refractivity contribution is -0.126. The average Bonchev–Trinajstić information content (AvgIpc) is 2.71. The summed E-state index contributed by atoms with van der Waals surface area (Å²) in [5.41, 5.74) is 4.69. The zero-order chi connectivity index (χ0) is 21.2. The molecule has 156 valence electrons. The molecular formula is C23H30N2O3S. The van der Waals surface area contributed by atoms with E-state index in [1.807, 2.05) is 6.92 Å². The van der Waals surface area contributed by atoms with E-state index in [9.17, 15) is 13.2 Å². The summed E-state index contributed by atoms with van der Waals surface area (Å²) < 4.78 is 27.3. The maximum Gasteiger partial charge on any atom is 0.243 e. The van der Waals surface area contributed by atoms with Gasteiger partial charge in [-0.25, -0.2) is 8.42 Å². The van der Waals surface area contributed by atoms with Gasteiger partial charge < -0.3 is 5.32 Å². The van der Waals surface area contributed by atoms with E-state index in [2.05, 4.69) is 38.2 Å². The number of piperidine rings is 1. The predicted octanol–water partition coefficient (Wildman–Crippen LogP) is 3.89. The molecule has 1 N–H and O–H groups in total. The number of nitrogens with one attached hydrogen (secondary N) is 1. The summed E-state index contributed by atoms with van der Waals surface area (Å²) in [5, 5.41) is 3.10. The van der Waals surface area contributed by atoms with Crippen LogP contribution in [0.2, 0.25) is 0 Å². The van der Waals surface area contributed by atoms with Gasteiger partial charge in [-0.2, -0.15) is 4.31 Å². The third-order valence-corrected chi connectivity index (χ3v) is 7.72. The Hall–Kier alpha value is -2.18. The van der Waals surface area contributed by atoms with E-state index >= 15 is 0 Å². The molecule has 2 aromatic rings. The molecule has 0 radical (unpaired) electrons. The molecule has 5 nitrogen and oxygen atoms in total. The average molecular weight is 415 g/mol. The van der Waals surface area contributed by atoms with Crippen LogP contribution in [0.3, 0.4) is 0 Å². The third kappa shape index (κ3) is 4.70. The van der Waals surface area contributed by atoms with Crippen LogP contribution in [-0.2, 0) is 14.8 Å². The normalized spacial score (nSPS) is 19.0. The first-order valence-electron chi connectivity index (χ1n) is 10.1. The second-order valence-electron chi connectivity index (χ2n) is 8.04. The summed E-state index contributed by atoms with van der Waals surface area (Å²) in [6, 6.07) is 12.6. The summed E-state index contributed by atoms with van der Waals surface area (Å²) in [6.45, 7) is 8.86. The van der Waals surface area contributed by atoms with Crippen LogP contribution in [0.25, 0.3) is 0 Å². The number of sulfonamides is 1. The van der Waals surface area contributed by atoms with E-state index in [0.29, 0.717) is 19.4 Å². The molecular weight excluding hydrogens is 384 g/mol. The lowest BCUT2D eigenvalue weighted by atomic mass is 9.95. The van der Waals surface area contributed by atoms with Crippen LogP contribution in [0.4, 0.5) is 0 Å². The predicted molar refractivity (Wildman–Crippen MR) is 115 cm³/mol. The van der Waals surface area contributed by atoms with Gasteiger partial charge in [-0.3, -0.25) is 4.79 Å². The molecule has 0 saturated carbocycles. The highest BCUT2D eigenvalue weighted by molar-refractivity contribution is 7.89. The summed E-state index contributed by atoms with van der Waals surface area (Å²) in [5.74, 6) is -0.417. The minimum Gasteiger partial charge on any atom is -0.349 e. The van der Waals surface area contributed by atoms with E-state index in [1.54, 1.807) is 30.3 Å². The van der Waals surface area contributed by atoms with Crippen molar-refractivity contribution in [3.05, 3.63) is 64.7 Å². The van der Waals surface area contributed by atoms with Crippen molar-refractivity contribution >= 4 is 15.9 Å². The van der Waals surface area contributed by atoms with Crippen molar-refractivity contribution < 1.29 is 13.2 Å². The quantitative estimate of drug-likeness (QED) is 0.807. The van der Waals surface area contributed by atoms with E-state index in [1.165, 1.54) is 15.4 Å². The van der Waals surface area contributed by atoms with Crippen LogP contribution in [0, 0.1) is 26.7 Å². The minimum atomic E-state index is -3.57. The molecule has 1 aliphatic heterocycles. The molecule has 2 aromatic carbocycles. The van der Waals surface area contributed by atoms with Crippen molar-refractivity contribution in [1.82, 2.24) is 9.62 Å². The van der Waals surface area contributed by atoms with Crippen LogP contribution in [-0.4, -0.2) is 31.7 Å². The zero-order valence-corrected chi connectivity index (χ0v) is 18.4. The van der Waals surface area contributed by atoms with Gasteiger partial charge in [-0.15, -0.1) is 0 Å². The number of carbonyl (C=O) groups excluding carboxylic acids is 1. The van der Waals surface area contributed by atoms with Crippen molar-refractivity contribution in [3.63, 3.8) is 0 Å². The number of hydrogen-bond acceptors (Lipinski definition) is 3. The number of benzene rings is 2. The van der Waals surface area contributed by atoms with Crippen molar-refractivity contribution in [3.8, 4) is 0 Å².